The third-order valence-corrected chi connectivity index (χ3v) is 3.97. The molecule has 1 aromatic heterocycles. The van der Waals surface area contributed by atoms with Crippen LogP contribution in [0.5, 0.6) is 0 Å². The molecule has 100 valence electrons. The van der Waals surface area contributed by atoms with Gasteiger partial charge in [0.05, 0.1) is 23.0 Å². The Balaban J connectivity index is 1.88. The lowest BCUT2D eigenvalue weighted by molar-refractivity contribution is 0.948. The van der Waals surface area contributed by atoms with Crippen LogP contribution >= 0.6 is 0 Å². The lowest BCUT2D eigenvalue weighted by atomic mass is 9.97. The molecule has 0 saturated heterocycles. The summed E-state index contributed by atoms with van der Waals surface area (Å²) in [4.78, 5) is 8.19. The molecule has 0 atom stereocenters. The molecule has 2 heterocycles. The number of aromatic amines is 1. The van der Waals surface area contributed by atoms with E-state index in [2.05, 4.69) is 29.3 Å². The Kier molecular flexibility index (Phi) is 2.61. The summed E-state index contributed by atoms with van der Waals surface area (Å²) < 4.78 is 0. The van der Waals surface area contributed by atoms with Crippen molar-refractivity contribution >= 4 is 16.6 Å². The first kappa shape index (κ1) is 11.9. The lowest BCUT2D eigenvalue weighted by Gasteiger charge is -2.13. The van der Waals surface area contributed by atoms with Crippen LogP contribution in [0.1, 0.15) is 22.4 Å². The van der Waals surface area contributed by atoms with Gasteiger partial charge in [0.2, 0.25) is 0 Å². The van der Waals surface area contributed by atoms with Gasteiger partial charge in [-0.25, -0.2) is 0 Å². The fourth-order valence-corrected chi connectivity index (χ4v) is 2.96. The Labute approximate surface area is 122 Å². The second-order valence-corrected chi connectivity index (χ2v) is 5.19. The number of nitrogens with zero attached hydrogens (tertiary/aromatic N) is 2. The zero-order valence-electron chi connectivity index (χ0n) is 11.4. The molecule has 1 aliphatic rings. The maximum Gasteiger partial charge on any atom is 0.0991 e. The van der Waals surface area contributed by atoms with Gasteiger partial charge in [-0.1, -0.05) is 30.3 Å². The van der Waals surface area contributed by atoms with Gasteiger partial charge in [-0.05, 0) is 30.2 Å². The first-order chi connectivity index (χ1) is 10.4. The van der Waals surface area contributed by atoms with Crippen LogP contribution in [0.4, 0.5) is 0 Å². The van der Waals surface area contributed by atoms with E-state index < -0.39 is 0 Å². The van der Waals surface area contributed by atoms with Gasteiger partial charge in [-0.15, -0.1) is 0 Å². The summed E-state index contributed by atoms with van der Waals surface area (Å²) in [5, 5.41) is 10.2. The van der Waals surface area contributed by atoms with Crippen LogP contribution in [-0.2, 0) is 6.42 Å². The van der Waals surface area contributed by atoms with Gasteiger partial charge in [-0.3, -0.25) is 4.99 Å². The minimum Gasteiger partial charge on any atom is -0.353 e. The van der Waals surface area contributed by atoms with E-state index >= 15 is 0 Å². The molecule has 2 aromatic carbocycles. The van der Waals surface area contributed by atoms with Crippen LogP contribution in [0.25, 0.3) is 10.9 Å². The SMILES string of the molecule is N#Cc1ccc(C2=NCCc3c2[nH]c2ccccc32)cc1. The number of aromatic nitrogens is 1. The molecule has 0 saturated carbocycles. The number of rotatable bonds is 1. The van der Waals surface area contributed by atoms with Gasteiger partial charge in [0, 0.05) is 23.0 Å². The quantitative estimate of drug-likeness (QED) is 0.724. The van der Waals surface area contributed by atoms with Gasteiger partial charge in [0.1, 0.15) is 0 Å². The van der Waals surface area contributed by atoms with Crippen LogP contribution in [0.2, 0.25) is 0 Å². The van der Waals surface area contributed by atoms with E-state index in [1.54, 1.807) is 0 Å². The van der Waals surface area contributed by atoms with Crippen molar-refractivity contribution in [1.29, 1.82) is 5.26 Å². The Bertz CT molecular complexity index is 892. The zero-order valence-corrected chi connectivity index (χ0v) is 11.4. The standard InChI is InChI=1S/C18H13N3/c19-11-12-5-7-13(8-6-12)17-18-15(9-10-20-17)14-3-1-2-4-16(14)21-18/h1-8,21H,9-10H2. The molecule has 1 aliphatic heterocycles. The number of aliphatic imine (C=N–C) groups is 1. The molecule has 0 aliphatic carbocycles. The highest BCUT2D eigenvalue weighted by Gasteiger charge is 2.20. The average molecular weight is 271 g/mol. The third kappa shape index (κ3) is 1.85. The molecule has 3 heteroatoms. The average Bonchev–Trinajstić information content (AvgIpc) is 2.94. The van der Waals surface area contributed by atoms with E-state index in [9.17, 15) is 0 Å². The number of fused-ring (bicyclic) bond motifs is 3. The minimum absolute atomic E-state index is 0.673. The number of H-pyrrole nitrogens is 1. The first-order valence-corrected chi connectivity index (χ1v) is 7.02. The van der Waals surface area contributed by atoms with Gasteiger partial charge < -0.3 is 4.98 Å². The van der Waals surface area contributed by atoms with Crippen LogP contribution in [0.3, 0.4) is 0 Å². The summed E-state index contributed by atoms with van der Waals surface area (Å²) in [5.41, 5.74) is 6.35. The predicted molar refractivity (Wildman–Crippen MR) is 83.7 cm³/mol. The Morgan fingerprint density at radius 3 is 2.67 bits per heavy atom. The molecular weight excluding hydrogens is 258 g/mol. The van der Waals surface area contributed by atoms with E-state index in [0.717, 1.165) is 35.5 Å². The topological polar surface area (TPSA) is 51.9 Å². The van der Waals surface area contributed by atoms with Crippen molar-refractivity contribution in [2.45, 2.75) is 6.42 Å². The smallest absolute Gasteiger partial charge is 0.0991 e. The maximum absolute atomic E-state index is 8.91. The molecule has 3 aromatic rings. The Hall–Kier alpha value is -2.86. The van der Waals surface area contributed by atoms with Gasteiger partial charge in [0.15, 0.2) is 0 Å². The maximum atomic E-state index is 8.91. The van der Waals surface area contributed by atoms with Crippen molar-refractivity contribution in [3.8, 4) is 6.07 Å². The lowest BCUT2D eigenvalue weighted by Crippen LogP contribution is -2.13. The van der Waals surface area contributed by atoms with Crippen LogP contribution in [-0.4, -0.2) is 17.2 Å². The molecule has 0 fully saturated rings. The molecule has 0 bridgehead atoms. The second-order valence-electron chi connectivity index (χ2n) is 5.19. The third-order valence-electron chi connectivity index (χ3n) is 3.97. The van der Waals surface area contributed by atoms with E-state index in [4.69, 9.17) is 10.3 Å². The molecule has 0 spiro atoms. The fourth-order valence-electron chi connectivity index (χ4n) is 2.96. The summed E-state index contributed by atoms with van der Waals surface area (Å²) in [6, 6.07) is 18.2. The number of hydrogen-bond donors (Lipinski definition) is 1. The molecule has 0 radical (unpaired) electrons. The molecule has 0 unspecified atom stereocenters. The molecule has 21 heavy (non-hydrogen) atoms. The summed E-state index contributed by atoms with van der Waals surface area (Å²) in [5.74, 6) is 0. The van der Waals surface area contributed by atoms with Gasteiger partial charge in [0.25, 0.3) is 0 Å². The van der Waals surface area contributed by atoms with Crippen LogP contribution in [0, 0.1) is 11.3 Å². The van der Waals surface area contributed by atoms with Crippen molar-refractivity contribution in [1.82, 2.24) is 4.98 Å². The van der Waals surface area contributed by atoms with Crippen molar-refractivity contribution in [3.63, 3.8) is 0 Å². The predicted octanol–water partition coefficient (Wildman–Crippen LogP) is 3.43. The summed E-state index contributed by atoms with van der Waals surface area (Å²) in [7, 11) is 0. The number of para-hydroxylation sites is 1. The number of nitrogens with one attached hydrogen (secondary N) is 1. The van der Waals surface area contributed by atoms with Crippen LogP contribution < -0.4 is 0 Å². The monoisotopic (exact) mass is 271 g/mol. The summed E-state index contributed by atoms with van der Waals surface area (Å²) in [6.07, 6.45) is 0.971. The highest BCUT2D eigenvalue weighted by atomic mass is 14.8. The van der Waals surface area contributed by atoms with Gasteiger partial charge >= 0.3 is 0 Å². The fraction of sp³-hybridized carbons (Fsp3) is 0.111. The van der Waals surface area contributed by atoms with Crippen molar-refractivity contribution < 1.29 is 0 Å². The van der Waals surface area contributed by atoms with Crippen molar-refractivity contribution in [2.24, 2.45) is 4.99 Å². The summed E-state index contributed by atoms with van der Waals surface area (Å²) in [6.45, 7) is 0.810. The van der Waals surface area contributed by atoms with E-state index in [0.29, 0.717) is 5.56 Å². The number of hydrogen-bond acceptors (Lipinski definition) is 2. The normalized spacial score (nSPS) is 13.6. The second kappa shape index (κ2) is 4.60. The Morgan fingerprint density at radius 2 is 1.86 bits per heavy atom. The highest BCUT2D eigenvalue weighted by Crippen LogP contribution is 2.28. The number of nitriles is 1. The molecule has 0 amide bonds. The molecular formula is C18H13N3. The van der Waals surface area contributed by atoms with E-state index in [1.165, 1.54) is 10.9 Å². The van der Waals surface area contributed by atoms with Crippen molar-refractivity contribution in [3.05, 3.63) is 70.9 Å². The zero-order chi connectivity index (χ0) is 14.2. The first-order valence-electron chi connectivity index (χ1n) is 7.02. The van der Waals surface area contributed by atoms with Crippen molar-refractivity contribution in [2.75, 3.05) is 6.54 Å². The highest BCUT2D eigenvalue weighted by molar-refractivity contribution is 6.15. The molecule has 4 rings (SSSR count). The largest absolute Gasteiger partial charge is 0.353 e. The van der Waals surface area contributed by atoms with Gasteiger partial charge in [-0.2, -0.15) is 5.26 Å². The molecule has 3 nitrogen and oxygen atoms in total. The number of benzene rings is 2. The van der Waals surface area contributed by atoms with Crippen LogP contribution in [0.15, 0.2) is 53.5 Å². The minimum atomic E-state index is 0.673. The summed E-state index contributed by atoms with van der Waals surface area (Å²) >= 11 is 0. The van der Waals surface area contributed by atoms with E-state index in [1.807, 2.05) is 30.3 Å². The molecule has 1 N–H and O–H groups in total. The Morgan fingerprint density at radius 1 is 1.05 bits per heavy atom. The van der Waals surface area contributed by atoms with E-state index in [-0.39, 0.29) is 0 Å².